The SMILES string of the molecule is CCC(C)COc1ccc(Br)c(CNCC(C)C)c1. The van der Waals surface area contributed by atoms with E-state index in [2.05, 4.69) is 61.1 Å². The fourth-order valence-electron chi connectivity index (χ4n) is 1.63. The Kier molecular flexibility index (Phi) is 7.47. The fourth-order valence-corrected chi connectivity index (χ4v) is 2.02. The molecule has 0 amide bonds. The molecule has 0 saturated carbocycles. The van der Waals surface area contributed by atoms with Gasteiger partial charge in [-0.3, -0.25) is 0 Å². The van der Waals surface area contributed by atoms with E-state index in [0.717, 1.165) is 36.3 Å². The zero-order valence-corrected chi connectivity index (χ0v) is 14.1. The molecule has 0 aliphatic carbocycles. The highest BCUT2D eigenvalue weighted by Gasteiger charge is 2.05. The Morgan fingerprint density at radius 2 is 2.00 bits per heavy atom. The van der Waals surface area contributed by atoms with Gasteiger partial charge in [-0.1, -0.05) is 50.0 Å². The quantitative estimate of drug-likeness (QED) is 0.752. The molecule has 3 heteroatoms. The summed E-state index contributed by atoms with van der Waals surface area (Å²) in [5.74, 6) is 2.24. The van der Waals surface area contributed by atoms with Crippen molar-refractivity contribution in [3.05, 3.63) is 28.2 Å². The first-order valence-electron chi connectivity index (χ1n) is 7.14. The van der Waals surface area contributed by atoms with Gasteiger partial charge in [-0.05, 0) is 42.1 Å². The lowest BCUT2D eigenvalue weighted by molar-refractivity contribution is 0.256. The summed E-state index contributed by atoms with van der Waals surface area (Å²) < 4.78 is 6.97. The predicted molar refractivity (Wildman–Crippen MR) is 85.6 cm³/mol. The number of hydrogen-bond acceptors (Lipinski definition) is 2. The molecule has 0 aliphatic heterocycles. The van der Waals surface area contributed by atoms with Crippen molar-refractivity contribution in [2.24, 2.45) is 11.8 Å². The largest absolute Gasteiger partial charge is 0.493 e. The molecule has 0 bridgehead atoms. The van der Waals surface area contributed by atoms with Crippen molar-refractivity contribution >= 4 is 15.9 Å². The lowest BCUT2D eigenvalue weighted by atomic mass is 10.1. The van der Waals surface area contributed by atoms with Crippen LogP contribution < -0.4 is 10.1 Å². The minimum absolute atomic E-state index is 0.603. The molecule has 1 aromatic carbocycles. The molecule has 1 atom stereocenters. The summed E-state index contributed by atoms with van der Waals surface area (Å²) in [7, 11) is 0. The van der Waals surface area contributed by atoms with Gasteiger partial charge in [0.05, 0.1) is 6.61 Å². The lowest BCUT2D eigenvalue weighted by Crippen LogP contribution is -2.19. The zero-order valence-electron chi connectivity index (χ0n) is 12.5. The topological polar surface area (TPSA) is 21.3 Å². The molecule has 0 spiro atoms. The minimum Gasteiger partial charge on any atom is -0.493 e. The summed E-state index contributed by atoms with van der Waals surface area (Å²) in [6.07, 6.45) is 1.15. The summed E-state index contributed by atoms with van der Waals surface area (Å²) in [5, 5.41) is 3.46. The highest BCUT2D eigenvalue weighted by molar-refractivity contribution is 9.10. The monoisotopic (exact) mass is 327 g/mol. The Balaban J connectivity index is 2.55. The summed E-state index contributed by atoms with van der Waals surface area (Å²) in [4.78, 5) is 0. The first-order chi connectivity index (χ1) is 9.02. The lowest BCUT2D eigenvalue weighted by Gasteiger charge is -2.13. The van der Waals surface area contributed by atoms with Gasteiger partial charge in [-0.15, -0.1) is 0 Å². The molecule has 1 rings (SSSR count). The average molecular weight is 328 g/mol. The zero-order chi connectivity index (χ0) is 14.3. The third-order valence-corrected chi connectivity index (χ3v) is 3.89. The summed E-state index contributed by atoms with van der Waals surface area (Å²) in [6, 6.07) is 6.22. The van der Waals surface area contributed by atoms with Gasteiger partial charge in [0.25, 0.3) is 0 Å². The van der Waals surface area contributed by atoms with Gasteiger partial charge in [0.15, 0.2) is 0 Å². The molecule has 108 valence electrons. The van der Waals surface area contributed by atoms with E-state index in [1.54, 1.807) is 0 Å². The Bertz CT molecular complexity index is 379. The first-order valence-corrected chi connectivity index (χ1v) is 7.94. The van der Waals surface area contributed by atoms with Gasteiger partial charge in [0, 0.05) is 11.0 Å². The standard InChI is InChI=1S/C16H26BrNO/c1-5-13(4)11-19-15-6-7-16(17)14(8-15)10-18-9-12(2)3/h6-8,12-13,18H,5,9-11H2,1-4H3. The van der Waals surface area contributed by atoms with Gasteiger partial charge in [0.2, 0.25) is 0 Å². The van der Waals surface area contributed by atoms with Crippen molar-refractivity contribution in [1.82, 2.24) is 5.32 Å². The molecule has 0 heterocycles. The maximum Gasteiger partial charge on any atom is 0.119 e. The van der Waals surface area contributed by atoms with Gasteiger partial charge in [-0.25, -0.2) is 0 Å². The number of ether oxygens (including phenoxy) is 1. The molecule has 0 saturated heterocycles. The van der Waals surface area contributed by atoms with Gasteiger partial charge >= 0.3 is 0 Å². The van der Waals surface area contributed by atoms with Crippen molar-refractivity contribution in [2.75, 3.05) is 13.2 Å². The van der Waals surface area contributed by atoms with Crippen LogP contribution in [0.5, 0.6) is 5.75 Å². The molecule has 1 aromatic rings. The molecule has 1 unspecified atom stereocenters. The highest BCUT2D eigenvalue weighted by atomic mass is 79.9. The third-order valence-electron chi connectivity index (χ3n) is 3.12. The second-order valence-electron chi connectivity index (χ2n) is 5.60. The maximum atomic E-state index is 5.83. The molecule has 0 aliphatic rings. The second kappa shape index (κ2) is 8.60. The average Bonchev–Trinajstić information content (AvgIpc) is 2.38. The van der Waals surface area contributed by atoms with Gasteiger partial charge in [0.1, 0.15) is 5.75 Å². The fraction of sp³-hybridized carbons (Fsp3) is 0.625. The van der Waals surface area contributed by atoms with Crippen molar-refractivity contribution in [1.29, 1.82) is 0 Å². The summed E-state index contributed by atoms with van der Waals surface area (Å²) in [6.45, 7) is 11.5. The van der Waals surface area contributed by atoms with Gasteiger partial charge < -0.3 is 10.1 Å². The van der Waals surface area contributed by atoms with E-state index in [1.165, 1.54) is 5.56 Å². The summed E-state index contributed by atoms with van der Waals surface area (Å²) >= 11 is 3.60. The Labute approximate surface area is 126 Å². The van der Waals surface area contributed by atoms with Crippen LogP contribution in [0.15, 0.2) is 22.7 Å². The van der Waals surface area contributed by atoms with Crippen LogP contribution in [0.1, 0.15) is 39.7 Å². The molecular formula is C16H26BrNO. The third kappa shape index (κ3) is 6.44. The van der Waals surface area contributed by atoms with Crippen molar-refractivity contribution in [2.45, 2.75) is 40.7 Å². The first kappa shape index (κ1) is 16.5. The van der Waals surface area contributed by atoms with E-state index in [-0.39, 0.29) is 0 Å². The van der Waals surface area contributed by atoms with E-state index in [4.69, 9.17) is 4.74 Å². The van der Waals surface area contributed by atoms with Crippen LogP contribution in [0, 0.1) is 11.8 Å². The molecule has 2 nitrogen and oxygen atoms in total. The Hall–Kier alpha value is -0.540. The van der Waals surface area contributed by atoms with Crippen LogP contribution in [0.3, 0.4) is 0 Å². The van der Waals surface area contributed by atoms with Crippen LogP contribution in [0.25, 0.3) is 0 Å². The van der Waals surface area contributed by atoms with Crippen molar-refractivity contribution in [3.63, 3.8) is 0 Å². The van der Waals surface area contributed by atoms with Gasteiger partial charge in [-0.2, -0.15) is 0 Å². The number of halogens is 1. The van der Waals surface area contributed by atoms with E-state index in [9.17, 15) is 0 Å². The second-order valence-corrected chi connectivity index (χ2v) is 6.46. The minimum atomic E-state index is 0.603. The Morgan fingerprint density at radius 3 is 2.63 bits per heavy atom. The number of hydrogen-bond donors (Lipinski definition) is 1. The van der Waals surface area contributed by atoms with Crippen LogP contribution in [0.2, 0.25) is 0 Å². The van der Waals surface area contributed by atoms with Crippen LogP contribution in [0.4, 0.5) is 0 Å². The Morgan fingerprint density at radius 1 is 1.26 bits per heavy atom. The van der Waals surface area contributed by atoms with E-state index in [1.807, 2.05) is 6.07 Å². The van der Waals surface area contributed by atoms with Crippen LogP contribution in [-0.4, -0.2) is 13.2 Å². The van der Waals surface area contributed by atoms with Crippen molar-refractivity contribution in [3.8, 4) is 5.75 Å². The predicted octanol–water partition coefficient (Wildman–Crippen LogP) is 4.62. The molecule has 0 fully saturated rings. The molecule has 0 radical (unpaired) electrons. The number of rotatable bonds is 8. The number of nitrogens with one attached hydrogen (secondary N) is 1. The number of benzene rings is 1. The molecular weight excluding hydrogens is 302 g/mol. The summed E-state index contributed by atoms with van der Waals surface area (Å²) in [5.41, 5.74) is 1.25. The normalized spacial score (nSPS) is 12.7. The van der Waals surface area contributed by atoms with E-state index in [0.29, 0.717) is 11.8 Å². The van der Waals surface area contributed by atoms with E-state index >= 15 is 0 Å². The maximum absolute atomic E-state index is 5.83. The highest BCUT2D eigenvalue weighted by Crippen LogP contribution is 2.23. The van der Waals surface area contributed by atoms with E-state index < -0.39 is 0 Å². The van der Waals surface area contributed by atoms with Crippen LogP contribution in [-0.2, 0) is 6.54 Å². The molecule has 1 N–H and O–H groups in total. The molecule has 19 heavy (non-hydrogen) atoms. The van der Waals surface area contributed by atoms with Crippen molar-refractivity contribution < 1.29 is 4.74 Å². The smallest absolute Gasteiger partial charge is 0.119 e. The van der Waals surface area contributed by atoms with Crippen LogP contribution >= 0.6 is 15.9 Å². The molecule has 0 aromatic heterocycles.